The summed E-state index contributed by atoms with van der Waals surface area (Å²) in [6.07, 6.45) is 4.99. The fourth-order valence-electron chi connectivity index (χ4n) is 0.503. The molecule has 1 heterocycles. The van der Waals surface area contributed by atoms with Crippen LogP contribution >= 0.6 is 11.8 Å². The Morgan fingerprint density at radius 2 is 2.30 bits per heavy atom. The zero-order valence-corrected chi connectivity index (χ0v) is 6.69. The Kier molecular flexibility index (Phi) is 2.92. The fourth-order valence-corrected chi connectivity index (χ4v) is 1.45. The number of hydrogen-bond donors (Lipinski definition) is 1. The molecular formula is C6H6O2S2. The average Bonchev–Trinajstić information content (AvgIpc) is 2.12. The van der Waals surface area contributed by atoms with Crippen molar-refractivity contribution in [3.63, 3.8) is 0 Å². The molecule has 0 amide bonds. The summed E-state index contributed by atoms with van der Waals surface area (Å²) < 4.78 is 19.1. The summed E-state index contributed by atoms with van der Waals surface area (Å²) in [7, 11) is 0. The molecule has 1 atom stereocenters. The maximum absolute atomic E-state index is 10.5. The summed E-state index contributed by atoms with van der Waals surface area (Å²) in [6, 6.07) is 0. The topological polar surface area (TPSA) is 37.3 Å². The molecule has 0 fully saturated rings. The van der Waals surface area contributed by atoms with E-state index in [1.54, 1.807) is 23.6 Å². The highest BCUT2D eigenvalue weighted by atomic mass is 32.2. The summed E-state index contributed by atoms with van der Waals surface area (Å²) in [5.74, 6) is 0. The SMILES string of the molecule is O=S(O)C1=CC=CSC=C1. The lowest BCUT2D eigenvalue weighted by Gasteiger charge is -1.88. The van der Waals surface area contributed by atoms with Gasteiger partial charge in [-0.2, -0.15) is 0 Å². The highest BCUT2D eigenvalue weighted by Gasteiger charge is 1.98. The molecule has 0 aliphatic carbocycles. The summed E-state index contributed by atoms with van der Waals surface area (Å²) in [5, 5.41) is 3.61. The van der Waals surface area contributed by atoms with E-state index < -0.39 is 11.1 Å². The molecular weight excluding hydrogens is 168 g/mol. The lowest BCUT2D eigenvalue weighted by Crippen LogP contribution is -1.87. The average molecular weight is 174 g/mol. The third-order valence-corrected chi connectivity index (χ3v) is 2.21. The summed E-state index contributed by atoms with van der Waals surface area (Å²) in [5.41, 5.74) is 0. The second kappa shape index (κ2) is 3.75. The Morgan fingerprint density at radius 3 is 3.00 bits per heavy atom. The van der Waals surface area contributed by atoms with Crippen molar-refractivity contribution in [2.75, 3.05) is 0 Å². The Morgan fingerprint density at radius 1 is 1.50 bits per heavy atom. The molecule has 1 aliphatic rings. The number of hydrogen-bond acceptors (Lipinski definition) is 2. The zero-order valence-electron chi connectivity index (χ0n) is 5.06. The summed E-state index contributed by atoms with van der Waals surface area (Å²) in [6.45, 7) is 0. The molecule has 54 valence electrons. The van der Waals surface area contributed by atoms with E-state index in [1.165, 1.54) is 11.8 Å². The van der Waals surface area contributed by atoms with Gasteiger partial charge in [0.05, 0.1) is 4.91 Å². The lowest BCUT2D eigenvalue weighted by atomic mass is 10.5. The molecule has 0 aromatic heterocycles. The minimum Gasteiger partial charge on any atom is -0.302 e. The molecule has 0 spiro atoms. The second-order valence-electron chi connectivity index (χ2n) is 1.59. The monoisotopic (exact) mass is 174 g/mol. The smallest absolute Gasteiger partial charge is 0.186 e. The molecule has 10 heavy (non-hydrogen) atoms. The number of rotatable bonds is 1. The van der Waals surface area contributed by atoms with Crippen LogP contribution in [0.15, 0.2) is 33.9 Å². The molecule has 0 bridgehead atoms. The first-order valence-electron chi connectivity index (χ1n) is 2.60. The van der Waals surface area contributed by atoms with Gasteiger partial charge in [-0.05, 0) is 23.0 Å². The van der Waals surface area contributed by atoms with Crippen molar-refractivity contribution in [2.24, 2.45) is 0 Å². The molecule has 1 N–H and O–H groups in total. The van der Waals surface area contributed by atoms with Crippen LogP contribution in [-0.4, -0.2) is 8.76 Å². The van der Waals surface area contributed by atoms with E-state index in [4.69, 9.17) is 4.55 Å². The van der Waals surface area contributed by atoms with Crippen molar-refractivity contribution >= 4 is 22.8 Å². The lowest BCUT2D eigenvalue weighted by molar-refractivity contribution is 0.572. The van der Waals surface area contributed by atoms with Crippen molar-refractivity contribution in [1.82, 2.24) is 0 Å². The molecule has 1 unspecified atom stereocenters. The van der Waals surface area contributed by atoms with Gasteiger partial charge < -0.3 is 4.55 Å². The Bertz CT molecular complexity index is 228. The van der Waals surface area contributed by atoms with Crippen LogP contribution in [0, 0.1) is 0 Å². The van der Waals surface area contributed by atoms with Crippen molar-refractivity contribution in [3.05, 3.63) is 33.9 Å². The van der Waals surface area contributed by atoms with E-state index in [0.29, 0.717) is 4.91 Å². The van der Waals surface area contributed by atoms with Gasteiger partial charge in [-0.1, -0.05) is 6.08 Å². The van der Waals surface area contributed by atoms with Gasteiger partial charge in [-0.15, -0.1) is 11.8 Å². The molecule has 2 nitrogen and oxygen atoms in total. The summed E-state index contributed by atoms with van der Waals surface area (Å²) >= 11 is -0.375. The van der Waals surface area contributed by atoms with Crippen LogP contribution in [-0.2, 0) is 11.1 Å². The predicted molar refractivity (Wildman–Crippen MR) is 44.7 cm³/mol. The summed E-state index contributed by atoms with van der Waals surface area (Å²) in [4.78, 5) is 0.432. The quantitative estimate of drug-likeness (QED) is 0.616. The van der Waals surface area contributed by atoms with Crippen LogP contribution in [0.3, 0.4) is 0 Å². The van der Waals surface area contributed by atoms with Crippen molar-refractivity contribution in [2.45, 2.75) is 0 Å². The first-order chi connectivity index (χ1) is 4.80. The van der Waals surface area contributed by atoms with Gasteiger partial charge in [-0.25, -0.2) is 4.21 Å². The maximum Gasteiger partial charge on any atom is 0.186 e. The van der Waals surface area contributed by atoms with E-state index in [2.05, 4.69) is 0 Å². The van der Waals surface area contributed by atoms with Crippen molar-refractivity contribution in [3.8, 4) is 0 Å². The molecule has 4 heteroatoms. The van der Waals surface area contributed by atoms with E-state index in [1.807, 2.05) is 5.41 Å². The zero-order chi connectivity index (χ0) is 7.40. The van der Waals surface area contributed by atoms with Gasteiger partial charge in [0.15, 0.2) is 11.1 Å². The van der Waals surface area contributed by atoms with Gasteiger partial charge in [0.25, 0.3) is 0 Å². The molecule has 0 aromatic carbocycles. The minimum absolute atomic E-state index is 0.432. The number of thioether (sulfide) groups is 1. The van der Waals surface area contributed by atoms with Gasteiger partial charge in [0.2, 0.25) is 0 Å². The fraction of sp³-hybridized carbons (Fsp3) is 0. The number of allylic oxidation sites excluding steroid dienone is 3. The second-order valence-corrected chi connectivity index (χ2v) is 3.37. The van der Waals surface area contributed by atoms with Crippen molar-refractivity contribution < 1.29 is 8.76 Å². The first-order valence-corrected chi connectivity index (χ1v) is 4.65. The highest BCUT2D eigenvalue weighted by Crippen LogP contribution is 2.13. The third kappa shape index (κ3) is 2.13. The Hall–Kier alpha value is -0.320. The molecule has 0 radical (unpaired) electrons. The van der Waals surface area contributed by atoms with Crippen molar-refractivity contribution in [1.29, 1.82) is 0 Å². The van der Waals surface area contributed by atoms with Gasteiger partial charge in [0, 0.05) is 0 Å². The van der Waals surface area contributed by atoms with Crippen LogP contribution in [0.1, 0.15) is 0 Å². The molecule has 0 saturated heterocycles. The normalized spacial score (nSPS) is 19.9. The first kappa shape index (κ1) is 7.78. The molecule has 1 rings (SSSR count). The Labute approximate surface area is 66.0 Å². The van der Waals surface area contributed by atoms with Crippen LogP contribution in [0.4, 0.5) is 0 Å². The van der Waals surface area contributed by atoms with E-state index >= 15 is 0 Å². The van der Waals surface area contributed by atoms with Gasteiger partial charge in [0.1, 0.15) is 0 Å². The predicted octanol–water partition coefficient (Wildman–Crippen LogP) is 1.87. The van der Waals surface area contributed by atoms with E-state index in [0.717, 1.165) is 0 Å². The van der Waals surface area contributed by atoms with Crippen LogP contribution in [0.2, 0.25) is 0 Å². The van der Waals surface area contributed by atoms with Crippen LogP contribution in [0.25, 0.3) is 0 Å². The maximum atomic E-state index is 10.5. The van der Waals surface area contributed by atoms with Gasteiger partial charge in [-0.3, -0.25) is 0 Å². The minimum atomic E-state index is -1.85. The molecule has 0 aromatic rings. The van der Waals surface area contributed by atoms with Crippen LogP contribution < -0.4 is 0 Å². The van der Waals surface area contributed by atoms with E-state index in [9.17, 15) is 4.21 Å². The van der Waals surface area contributed by atoms with E-state index in [-0.39, 0.29) is 0 Å². The Balaban J connectivity index is 2.83. The molecule has 0 saturated carbocycles. The largest absolute Gasteiger partial charge is 0.302 e. The third-order valence-electron chi connectivity index (χ3n) is 0.930. The highest BCUT2D eigenvalue weighted by molar-refractivity contribution is 8.04. The molecule has 1 aliphatic heterocycles. The standard InChI is InChI=1S/C6H6O2S2/c7-10(8)6-2-1-4-9-5-3-6/h1-5H,(H,7,8). The van der Waals surface area contributed by atoms with Gasteiger partial charge >= 0.3 is 0 Å². The van der Waals surface area contributed by atoms with Crippen LogP contribution in [0.5, 0.6) is 0 Å².